The summed E-state index contributed by atoms with van der Waals surface area (Å²) in [7, 11) is -3.76. The fraction of sp³-hybridized carbons (Fsp3) is 0.200. The summed E-state index contributed by atoms with van der Waals surface area (Å²) in [4.78, 5) is 0.0700. The van der Waals surface area contributed by atoms with Crippen LogP contribution in [0, 0.1) is 13.8 Å². The molecule has 0 amide bonds. The van der Waals surface area contributed by atoms with Crippen molar-refractivity contribution in [3.8, 4) is 0 Å². The predicted molar refractivity (Wildman–Crippen MR) is 84.1 cm³/mol. The molecule has 0 saturated heterocycles. The van der Waals surface area contributed by atoms with Gasteiger partial charge in [0, 0.05) is 10.7 Å². The molecular formula is C15H16ClNO3S. The van der Waals surface area contributed by atoms with Crippen molar-refractivity contribution in [3.63, 3.8) is 0 Å². The average molecular weight is 326 g/mol. The number of anilines is 1. The van der Waals surface area contributed by atoms with E-state index in [9.17, 15) is 13.5 Å². The van der Waals surface area contributed by atoms with Crippen LogP contribution >= 0.6 is 11.6 Å². The number of benzene rings is 2. The van der Waals surface area contributed by atoms with E-state index in [0.29, 0.717) is 16.8 Å². The summed E-state index contributed by atoms with van der Waals surface area (Å²) in [5.74, 6) is 0. The minimum Gasteiger partial charge on any atom is -0.392 e. The summed E-state index contributed by atoms with van der Waals surface area (Å²) in [6.07, 6.45) is 0. The van der Waals surface area contributed by atoms with Crippen LogP contribution in [0.4, 0.5) is 5.69 Å². The third-order valence-electron chi connectivity index (χ3n) is 3.16. The molecular weight excluding hydrogens is 310 g/mol. The Morgan fingerprint density at radius 2 is 1.90 bits per heavy atom. The maximum atomic E-state index is 12.5. The predicted octanol–water partition coefficient (Wildman–Crippen LogP) is 3.25. The number of hydrogen-bond donors (Lipinski definition) is 2. The zero-order valence-corrected chi connectivity index (χ0v) is 13.3. The van der Waals surface area contributed by atoms with E-state index in [2.05, 4.69) is 4.72 Å². The van der Waals surface area contributed by atoms with Gasteiger partial charge in [-0.05, 0) is 54.8 Å². The van der Waals surface area contributed by atoms with Gasteiger partial charge in [0.15, 0.2) is 0 Å². The molecule has 0 atom stereocenters. The van der Waals surface area contributed by atoms with E-state index in [1.807, 2.05) is 13.0 Å². The molecule has 2 aromatic rings. The number of sulfonamides is 1. The normalized spacial score (nSPS) is 11.4. The molecule has 112 valence electrons. The molecule has 2 N–H and O–H groups in total. The first-order valence-electron chi connectivity index (χ1n) is 6.33. The number of nitrogens with one attached hydrogen (secondary N) is 1. The van der Waals surface area contributed by atoms with Crippen molar-refractivity contribution >= 4 is 27.3 Å². The molecule has 0 bridgehead atoms. The minimum absolute atomic E-state index is 0.0700. The molecule has 0 fully saturated rings. The van der Waals surface area contributed by atoms with E-state index in [1.165, 1.54) is 6.07 Å². The van der Waals surface area contributed by atoms with Crippen LogP contribution in [0.1, 0.15) is 16.7 Å². The highest BCUT2D eigenvalue weighted by molar-refractivity contribution is 7.92. The number of aliphatic hydroxyl groups excluding tert-OH is 1. The maximum absolute atomic E-state index is 12.5. The van der Waals surface area contributed by atoms with E-state index in [1.54, 1.807) is 31.2 Å². The summed E-state index contributed by atoms with van der Waals surface area (Å²) >= 11 is 5.93. The van der Waals surface area contributed by atoms with Crippen LogP contribution in [-0.4, -0.2) is 13.5 Å². The van der Waals surface area contributed by atoms with E-state index >= 15 is 0 Å². The smallest absolute Gasteiger partial charge is 0.262 e. The molecule has 2 aromatic carbocycles. The summed E-state index contributed by atoms with van der Waals surface area (Å²) in [6, 6.07) is 10.0. The third-order valence-corrected chi connectivity index (χ3v) is 4.89. The Bertz CT molecular complexity index is 772. The molecule has 21 heavy (non-hydrogen) atoms. The van der Waals surface area contributed by atoms with Crippen molar-refractivity contribution in [2.75, 3.05) is 4.72 Å². The zero-order valence-electron chi connectivity index (χ0n) is 11.7. The highest BCUT2D eigenvalue weighted by atomic mass is 35.5. The molecule has 6 heteroatoms. The van der Waals surface area contributed by atoms with Crippen molar-refractivity contribution in [2.24, 2.45) is 0 Å². The topological polar surface area (TPSA) is 66.4 Å². The molecule has 0 aromatic heterocycles. The van der Waals surface area contributed by atoms with Gasteiger partial charge in [-0.1, -0.05) is 23.7 Å². The van der Waals surface area contributed by atoms with Gasteiger partial charge in [0.2, 0.25) is 0 Å². The van der Waals surface area contributed by atoms with Gasteiger partial charge in [-0.3, -0.25) is 4.72 Å². The van der Waals surface area contributed by atoms with Gasteiger partial charge >= 0.3 is 0 Å². The monoisotopic (exact) mass is 325 g/mol. The number of halogens is 1. The summed E-state index contributed by atoms with van der Waals surface area (Å²) < 4.78 is 27.5. The van der Waals surface area contributed by atoms with Gasteiger partial charge in [-0.15, -0.1) is 0 Å². The Balaban J connectivity index is 2.47. The zero-order chi connectivity index (χ0) is 15.6. The molecule has 0 aliphatic rings. The van der Waals surface area contributed by atoms with Crippen molar-refractivity contribution in [2.45, 2.75) is 25.3 Å². The Hall–Kier alpha value is -1.56. The molecule has 4 nitrogen and oxygen atoms in total. The van der Waals surface area contributed by atoms with Crippen LogP contribution in [0.15, 0.2) is 41.3 Å². The van der Waals surface area contributed by atoms with Crippen LogP contribution in [0.5, 0.6) is 0 Å². The average Bonchev–Trinajstić information content (AvgIpc) is 2.40. The van der Waals surface area contributed by atoms with Crippen LogP contribution in [0.3, 0.4) is 0 Å². The molecule has 0 aliphatic heterocycles. The quantitative estimate of drug-likeness (QED) is 0.906. The Kier molecular flexibility index (Phi) is 4.56. The second kappa shape index (κ2) is 6.05. The first-order chi connectivity index (χ1) is 9.83. The second-order valence-electron chi connectivity index (χ2n) is 4.82. The number of hydrogen-bond acceptors (Lipinski definition) is 3. The fourth-order valence-electron chi connectivity index (χ4n) is 2.07. The first kappa shape index (κ1) is 15.8. The Morgan fingerprint density at radius 1 is 1.19 bits per heavy atom. The van der Waals surface area contributed by atoms with Gasteiger partial charge in [0.1, 0.15) is 0 Å². The Morgan fingerprint density at radius 3 is 2.52 bits per heavy atom. The number of aliphatic hydroxyl groups is 1. The lowest BCUT2D eigenvalue weighted by atomic mass is 10.1. The fourth-order valence-corrected chi connectivity index (χ4v) is 3.74. The van der Waals surface area contributed by atoms with Crippen LogP contribution in [0.2, 0.25) is 5.02 Å². The van der Waals surface area contributed by atoms with Gasteiger partial charge in [0.05, 0.1) is 11.5 Å². The number of rotatable bonds is 4. The van der Waals surface area contributed by atoms with E-state index in [4.69, 9.17) is 11.6 Å². The lowest BCUT2D eigenvalue weighted by Gasteiger charge is -2.13. The second-order valence-corrected chi connectivity index (χ2v) is 6.91. The largest absolute Gasteiger partial charge is 0.392 e. The molecule has 0 unspecified atom stereocenters. The molecule has 0 spiro atoms. The standard InChI is InChI=1S/C15H16ClNO3S/c1-10-4-3-5-14(6-10)17-21(19,20)15-8-13(16)7-12(9-18)11(15)2/h3-8,17-18H,9H2,1-2H3. The molecule has 0 heterocycles. The summed E-state index contributed by atoms with van der Waals surface area (Å²) in [5, 5.41) is 9.56. The van der Waals surface area contributed by atoms with E-state index in [0.717, 1.165) is 5.56 Å². The highest BCUT2D eigenvalue weighted by Crippen LogP contribution is 2.26. The van der Waals surface area contributed by atoms with Gasteiger partial charge in [0.25, 0.3) is 10.0 Å². The van der Waals surface area contributed by atoms with Gasteiger partial charge in [-0.25, -0.2) is 8.42 Å². The molecule has 0 radical (unpaired) electrons. The SMILES string of the molecule is Cc1cccc(NS(=O)(=O)c2cc(Cl)cc(CO)c2C)c1. The third kappa shape index (κ3) is 3.56. The highest BCUT2D eigenvalue weighted by Gasteiger charge is 2.19. The molecule has 0 saturated carbocycles. The minimum atomic E-state index is -3.76. The maximum Gasteiger partial charge on any atom is 0.262 e. The molecule has 0 aliphatic carbocycles. The van der Waals surface area contributed by atoms with Gasteiger partial charge < -0.3 is 5.11 Å². The van der Waals surface area contributed by atoms with E-state index < -0.39 is 10.0 Å². The van der Waals surface area contributed by atoms with E-state index in [-0.39, 0.29) is 16.5 Å². The van der Waals surface area contributed by atoms with Crippen molar-refractivity contribution in [1.82, 2.24) is 0 Å². The lowest BCUT2D eigenvalue weighted by Crippen LogP contribution is -2.15. The van der Waals surface area contributed by atoms with Crippen LogP contribution < -0.4 is 4.72 Å². The lowest BCUT2D eigenvalue weighted by molar-refractivity contribution is 0.280. The van der Waals surface area contributed by atoms with Crippen molar-refractivity contribution in [3.05, 3.63) is 58.1 Å². The van der Waals surface area contributed by atoms with Crippen molar-refractivity contribution < 1.29 is 13.5 Å². The van der Waals surface area contributed by atoms with Crippen molar-refractivity contribution in [1.29, 1.82) is 0 Å². The summed E-state index contributed by atoms with van der Waals surface area (Å²) in [5.41, 5.74) is 2.42. The van der Waals surface area contributed by atoms with Gasteiger partial charge in [-0.2, -0.15) is 0 Å². The number of aryl methyl sites for hydroxylation is 1. The first-order valence-corrected chi connectivity index (χ1v) is 8.19. The Labute approximate surface area is 129 Å². The molecule has 2 rings (SSSR count). The van der Waals surface area contributed by atoms with Crippen LogP contribution in [0.25, 0.3) is 0 Å². The summed E-state index contributed by atoms with van der Waals surface area (Å²) in [6.45, 7) is 3.26. The van der Waals surface area contributed by atoms with Crippen LogP contribution in [-0.2, 0) is 16.6 Å².